The Morgan fingerprint density at radius 1 is 1.12 bits per heavy atom. The lowest BCUT2D eigenvalue weighted by Gasteiger charge is -2.26. The fourth-order valence-electron chi connectivity index (χ4n) is 2.62. The van der Waals surface area contributed by atoms with E-state index < -0.39 is 0 Å². The molecule has 0 saturated heterocycles. The van der Waals surface area contributed by atoms with E-state index in [-0.39, 0.29) is 0 Å². The third-order valence-corrected chi connectivity index (χ3v) is 3.77. The van der Waals surface area contributed by atoms with Gasteiger partial charge in [-0.2, -0.15) is 0 Å². The number of terminal acetylenes is 1. The Kier molecular flexibility index (Phi) is 3.67. The molecule has 0 nitrogen and oxygen atoms in total. The van der Waals surface area contributed by atoms with Crippen LogP contribution in [-0.2, 0) is 6.42 Å². The molecule has 16 heavy (non-hydrogen) atoms. The van der Waals surface area contributed by atoms with Gasteiger partial charge in [0.1, 0.15) is 0 Å². The molecule has 1 aromatic carbocycles. The maximum atomic E-state index is 5.31. The SMILES string of the molecule is C#CCc1ccc(C2CCC(C)CC2)cc1. The summed E-state index contributed by atoms with van der Waals surface area (Å²) < 4.78 is 0. The van der Waals surface area contributed by atoms with E-state index in [0.29, 0.717) is 0 Å². The molecular weight excluding hydrogens is 192 g/mol. The quantitative estimate of drug-likeness (QED) is 0.646. The van der Waals surface area contributed by atoms with Crippen molar-refractivity contribution in [3.63, 3.8) is 0 Å². The number of benzene rings is 1. The highest BCUT2D eigenvalue weighted by Crippen LogP contribution is 2.35. The average molecular weight is 212 g/mol. The van der Waals surface area contributed by atoms with Crippen molar-refractivity contribution in [2.24, 2.45) is 5.92 Å². The van der Waals surface area contributed by atoms with Crippen LogP contribution in [0.1, 0.15) is 49.7 Å². The van der Waals surface area contributed by atoms with Gasteiger partial charge in [0.2, 0.25) is 0 Å². The molecule has 1 saturated carbocycles. The molecule has 84 valence electrons. The molecule has 1 aliphatic carbocycles. The molecule has 1 aliphatic rings. The Balaban J connectivity index is 2.02. The van der Waals surface area contributed by atoms with Crippen molar-refractivity contribution in [2.45, 2.75) is 44.9 Å². The summed E-state index contributed by atoms with van der Waals surface area (Å²) in [6, 6.07) is 8.92. The molecule has 1 fully saturated rings. The number of hydrogen-bond acceptors (Lipinski definition) is 0. The molecule has 0 heteroatoms. The van der Waals surface area contributed by atoms with Gasteiger partial charge in [0.15, 0.2) is 0 Å². The van der Waals surface area contributed by atoms with Crippen LogP contribution in [0, 0.1) is 18.3 Å². The second-order valence-electron chi connectivity index (χ2n) is 5.08. The molecule has 0 amide bonds. The van der Waals surface area contributed by atoms with Crippen molar-refractivity contribution in [2.75, 3.05) is 0 Å². The zero-order valence-electron chi connectivity index (χ0n) is 10.1. The summed E-state index contributed by atoms with van der Waals surface area (Å²) >= 11 is 0. The maximum absolute atomic E-state index is 5.31. The molecule has 0 N–H and O–H groups in total. The summed E-state index contributed by atoms with van der Waals surface area (Å²) in [7, 11) is 0. The average Bonchev–Trinajstić information content (AvgIpc) is 2.32. The third kappa shape index (κ3) is 2.67. The van der Waals surface area contributed by atoms with Crippen LogP contribution in [0.4, 0.5) is 0 Å². The topological polar surface area (TPSA) is 0 Å². The minimum atomic E-state index is 0.752. The van der Waals surface area contributed by atoms with Crippen LogP contribution < -0.4 is 0 Å². The molecule has 1 aromatic rings. The fourth-order valence-corrected chi connectivity index (χ4v) is 2.62. The normalized spacial score (nSPS) is 25.0. The Bertz CT molecular complexity index is 358. The molecule has 2 rings (SSSR count). The van der Waals surface area contributed by atoms with Crippen molar-refractivity contribution in [3.8, 4) is 12.3 Å². The van der Waals surface area contributed by atoms with Crippen molar-refractivity contribution in [1.29, 1.82) is 0 Å². The second-order valence-corrected chi connectivity index (χ2v) is 5.08. The van der Waals surface area contributed by atoms with E-state index in [1.165, 1.54) is 36.8 Å². The first-order valence-electron chi connectivity index (χ1n) is 6.32. The molecule has 0 bridgehead atoms. The minimum Gasteiger partial charge on any atom is -0.120 e. The van der Waals surface area contributed by atoms with Crippen molar-refractivity contribution in [3.05, 3.63) is 35.4 Å². The van der Waals surface area contributed by atoms with E-state index in [0.717, 1.165) is 18.3 Å². The fraction of sp³-hybridized carbons (Fsp3) is 0.500. The van der Waals surface area contributed by atoms with Gasteiger partial charge in [-0.3, -0.25) is 0 Å². The Morgan fingerprint density at radius 2 is 1.75 bits per heavy atom. The van der Waals surface area contributed by atoms with E-state index in [1.54, 1.807) is 0 Å². The van der Waals surface area contributed by atoms with E-state index in [2.05, 4.69) is 37.1 Å². The molecule has 0 heterocycles. The highest BCUT2D eigenvalue weighted by atomic mass is 14.2. The molecule has 0 aliphatic heterocycles. The Labute approximate surface area is 99.1 Å². The summed E-state index contributed by atoms with van der Waals surface area (Å²) in [5.41, 5.74) is 2.77. The lowest BCUT2D eigenvalue weighted by molar-refractivity contribution is 0.348. The number of rotatable bonds is 2. The Morgan fingerprint density at radius 3 is 2.31 bits per heavy atom. The van der Waals surface area contributed by atoms with Crippen molar-refractivity contribution < 1.29 is 0 Å². The van der Waals surface area contributed by atoms with E-state index in [9.17, 15) is 0 Å². The molecular formula is C16H20. The maximum Gasteiger partial charge on any atom is 0.0337 e. The van der Waals surface area contributed by atoms with Crippen LogP contribution in [0.25, 0.3) is 0 Å². The third-order valence-electron chi connectivity index (χ3n) is 3.77. The highest BCUT2D eigenvalue weighted by Gasteiger charge is 2.19. The van der Waals surface area contributed by atoms with Crippen LogP contribution in [-0.4, -0.2) is 0 Å². The Hall–Kier alpha value is -1.22. The molecule has 0 unspecified atom stereocenters. The van der Waals surface area contributed by atoms with Gasteiger partial charge in [0.05, 0.1) is 0 Å². The zero-order chi connectivity index (χ0) is 11.4. The molecule has 0 spiro atoms. The standard InChI is InChI=1S/C16H20/c1-3-4-14-7-11-16(12-8-14)15-9-5-13(2)6-10-15/h1,7-8,11-13,15H,4-6,9-10H2,2H3. The smallest absolute Gasteiger partial charge is 0.0337 e. The van der Waals surface area contributed by atoms with E-state index in [4.69, 9.17) is 6.42 Å². The summed E-state index contributed by atoms with van der Waals surface area (Å²) in [6.07, 6.45) is 11.5. The first kappa shape index (κ1) is 11.3. The van der Waals surface area contributed by atoms with Gasteiger partial charge >= 0.3 is 0 Å². The van der Waals surface area contributed by atoms with Gasteiger partial charge in [-0.25, -0.2) is 0 Å². The minimum absolute atomic E-state index is 0.752. The predicted molar refractivity (Wildman–Crippen MR) is 69.4 cm³/mol. The molecule has 0 aromatic heterocycles. The van der Waals surface area contributed by atoms with Crippen molar-refractivity contribution in [1.82, 2.24) is 0 Å². The van der Waals surface area contributed by atoms with Gasteiger partial charge < -0.3 is 0 Å². The van der Waals surface area contributed by atoms with Crippen LogP contribution in [0.3, 0.4) is 0 Å². The van der Waals surface area contributed by atoms with Gasteiger partial charge in [-0.15, -0.1) is 12.3 Å². The summed E-state index contributed by atoms with van der Waals surface area (Å²) in [4.78, 5) is 0. The van der Waals surface area contributed by atoms with E-state index >= 15 is 0 Å². The summed E-state index contributed by atoms with van der Waals surface area (Å²) in [5.74, 6) is 4.40. The lowest BCUT2D eigenvalue weighted by atomic mass is 9.79. The van der Waals surface area contributed by atoms with Crippen LogP contribution in [0.5, 0.6) is 0 Å². The second kappa shape index (κ2) is 5.21. The zero-order valence-corrected chi connectivity index (χ0v) is 10.1. The predicted octanol–water partition coefficient (Wildman–Crippen LogP) is 4.16. The van der Waals surface area contributed by atoms with Crippen molar-refractivity contribution >= 4 is 0 Å². The van der Waals surface area contributed by atoms with Gasteiger partial charge in [-0.1, -0.05) is 44.0 Å². The first-order valence-corrected chi connectivity index (χ1v) is 6.32. The lowest BCUT2D eigenvalue weighted by Crippen LogP contribution is -2.10. The summed E-state index contributed by atoms with van der Waals surface area (Å²) in [5, 5.41) is 0. The largest absolute Gasteiger partial charge is 0.120 e. The van der Waals surface area contributed by atoms with Gasteiger partial charge in [-0.05, 0) is 35.8 Å². The first-order chi connectivity index (χ1) is 7.79. The van der Waals surface area contributed by atoms with Crippen LogP contribution in [0.2, 0.25) is 0 Å². The van der Waals surface area contributed by atoms with Crippen LogP contribution >= 0.6 is 0 Å². The molecule has 0 atom stereocenters. The number of hydrogen-bond donors (Lipinski definition) is 0. The molecule has 0 radical (unpaired) electrons. The van der Waals surface area contributed by atoms with Gasteiger partial charge in [0.25, 0.3) is 0 Å². The van der Waals surface area contributed by atoms with Crippen LogP contribution in [0.15, 0.2) is 24.3 Å². The highest BCUT2D eigenvalue weighted by molar-refractivity contribution is 5.27. The van der Waals surface area contributed by atoms with Gasteiger partial charge in [0, 0.05) is 6.42 Å². The summed E-state index contributed by atoms with van der Waals surface area (Å²) in [6.45, 7) is 2.37. The van der Waals surface area contributed by atoms with E-state index in [1.807, 2.05) is 0 Å². The monoisotopic (exact) mass is 212 g/mol.